The van der Waals surface area contributed by atoms with E-state index in [1.54, 1.807) is 25.1 Å². The summed E-state index contributed by atoms with van der Waals surface area (Å²) in [7, 11) is 0. The number of aldehydes is 1. The highest BCUT2D eigenvalue weighted by atomic mass is 79.9. The van der Waals surface area contributed by atoms with Gasteiger partial charge in [0.1, 0.15) is 12.1 Å². The molecule has 68 valence electrons. The van der Waals surface area contributed by atoms with Crippen molar-refractivity contribution >= 4 is 28.0 Å². The summed E-state index contributed by atoms with van der Waals surface area (Å²) in [5, 5.41) is 0. The molecule has 1 aromatic carbocycles. The first-order chi connectivity index (χ1) is 6.13. The minimum absolute atomic E-state index is 0.111. The van der Waals surface area contributed by atoms with E-state index in [2.05, 4.69) is 15.9 Å². The van der Waals surface area contributed by atoms with Gasteiger partial charge in [0.2, 0.25) is 0 Å². The number of rotatable bonds is 3. The zero-order valence-corrected chi connectivity index (χ0v) is 8.80. The fourth-order valence-electron chi connectivity index (χ4n) is 1.05. The summed E-state index contributed by atoms with van der Waals surface area (Å²) in [5.74, 6) is 0.111. The van der Waals surface area contributed by atoms with Crippen LogP contribution in [0.1, 0.15) is 22.8 Å². The Hall–Kier alpha value is -0.960. The molecule has 0 bridgehead atoms. The van der Waals surface area contributed by atoms with E-state index in [9.17, 15) is 9.59 Å². The van der Waals surface area contributed by atoms with Crippen LogP contribution in [0.3, 0.4) is 0 Å². The van der Waals surface area contributed by atoms with Gasteiger partial charge in [0.15, 0.2) is 0 Å². The maximum atomic E-state index is 10.8. The topological polar surface area (TPSA) is 34.1 Å². The Morgan fingerprint density at radius 3 is 2.69 bits per heavy atom. The fourth-order valence-corrected chi connectivity index (χ4v) is 1.59. The Balaban J connectivity index is 2.98. The number of hydrogen-bond acceptors (Lipinski definition) is 2. The Morgan fingerprint density at radius 2 is 2.23 bits per heavy atom. The van der Waals surface area contributed by atoms with Gasteiger partial charge >= 0.3 is 0 Å². The molecule has 0 N–H and O–H groups in total. The van der Waals surface area contributed by atoms with Crippen molar-refractivity contribution in [2.75, 3.05) is 0 Å². The molecule has 0 heterocycles. The molecule has 0 amide bonds. The van der Waals surface area contributed by atoms with Crippen LogP contribution in [0, 0.1) is 0 Å². The predicted molar refractivity (Wildman–Crippen MR) is 53.9 cm³/mol. The van der Waals surface area contributed by atoms with Gasteiger partial charge in [-0.2, -0.15) is 0 Å². The van der Waals surface area contributed by atoms with Gasteiger partial charge in [-0.3, -0.25) is 9.59 Å². The molecule has 0 fully saturated rings. The Labute approximate surface area is 85.1 Å². The van der Waals surface area contributed by atoms with Crippen molar-refractivity contribution in [3.05, 3.63) is 33.8 Å². The lowest BCUT2D eigenvalue weighted by Gasteiger charge is -2.01. The summed E-state index contributed by atoms with van der Waals surface area (Å²) in [5.41, 5.74) is 1.53. The SMILES string of the molecule is CC(=O)Cc1ccc(C=O)cc1Br. The van der Waals surface area contributed by atoms with E-state index in [-0.39, 0.29) is 5.78 Å². The molecule has 0 aromatic heterocycles. The Morgan fingerprint density at radius 1 is 1.54 bits per heavy atom. The number of hydrogen-bond donors (Lipinski definition) is 0. The molecule has 1 aromatic rings. The molecule has 2 nitrogen and oxygen atoms in total. The van der Waals surface area contributed by atoms with Crippen molar-refractivity contribution in [1.29, 1.82) is 0 Å². The average molecular weight is 241 g/mol. The molecule has 0 saturated carbocycles. The summed E-state index contributed by atoms with van der Waals surface area (Å²) < 4.78 is 0.812. The molecular formula is C10H9BrO2. The number of benzene rings is 1. The minimum Gasteiger partial charge on any atom is -0.300 e. The number of carbonyl (C=O) groups excluding carboxylic acids is 2. The lowest BCUT2D eigenvalue weighted by Crippen LogP contribution is -1.97. The highest BCUT2D eigenvalue weighted by Crippen LogP contribution is 2.18. The highest BCUT2D eigenvalue weighted by Gasteiger charge is 2.03. The van der Waals surface area contributed by atoms with Gasteiger partial charge in [-0.25, -0.2) is 0 Å². The molecule has 0 aliphatic carbocycles. The first-order valence-electron chi connectivity index (χ1n) is 3.86. The van der Waals surface area contributed by atoms with Crippen LogP contribution >= 0.6 is 15.9 Å². The quantitative estimate of drug-likeness (QED) is 0.761. The molecule has 0 aliphatic rings. The van der Waals surface area contributed by atoms with E-state index in [1.807, 2.05) is 0 Å². The van der Waals surface area contributed by atoms with Crippen LogP contribution in [-0.4, -0.2) is 12.1 Å². The van der Waals surface area contributed by atoms with Gasteiger partial charge in [-0.05, 0) is 18.6 Å². The number of ketones is 1. The molecule has 0 unspecified atom stereocenters. The van der Waals surface area contributed by atoms with Gasteiger partial charge in [-0.1, -0.05) is 28.1 Å². The first kappa shape index (κ1) is 10.1. The van der Waals surface area contributed by atoms with E-state index in [0.29, 0.717) is 12.0 Å². The largest absolute Gasteiger partial charge is 0.300 e. The van der Waals surface area contributed by atoms with Crippen molar-refractivity contribution < 1.29 is 9.59 Å². The summed E-state index contributed by atoms with van der Waals surface area (Å²) in [6, 6.07) is 5.20. The summed E-state index contributed by atoms with van der Waals surface area (Å²) in [6.45, 7) is 1.54. The van der Waals surface area contributed by atoms with E-state index in [0.717, 1.165) is 16.3 Å². The van der Waals surface area contributed by atoms with Crippen molar-refractivity contribution in [2.24, 2.45) is 0 Å². The monoisotopic (exact) mass is 240 g/mol. The molecule has 0 saturated heterocycles. The number of Topliss-reactive ketones (excluding diaryl/α,β-unsaturated/α-hetero) is 1. The molecule has 0 aliphatic heterocycles. The molecule has 0 atom stereocenters. The summed E-state index contributed by atoms with van der Waals surface area (Å²) in [4.78, 5) is 21.2. The van der Waals surface area contributed by atoms with Gasteiger partial charge in [0.05, 0.1) is 0 Å². The Bertz CT molecular complexity index is 345. The van der Waals surface area contributed by atoms with Gasteiger partial charge < -0.3 is 0 Å². The first-order valence-corrected chi connectivity index (χ1v) is 4.66. The van der Waals surface area contributed by atoms with Crippen LogP contribution in [0.15, 0.2) is 22.7 Å². The number of carbonyl (C=O) groups is 2. The van der Waals surface area contributed by atoms with E-state index < -0.39 is 0 Å². The van der Waals surface area contributed by atoms with Crippen LogP contribution in [-0.2, 0) is 11.2 Å². The van der Waals surface area contributed by atoms with Crippen LogP contribution < -0.4 is 0 Å². The smallest absolute Gasteiger partial charge is 0.150 e. The zero-order valence-electron chi connectivity index (χ0n) is 7.21. The zero-order chi connectivity index (χ0) is 9.84. The van der Waals surface area contributed by atoms with E-state index in [4.69, 9.17) is 0 Å². The van der Waals surface area contributed by atoms with Crippen LogP contribution in [0.4, 0.5) is 0 Å². The standard InChI is InChI=1S/C10H9BrO2/c1-7(13)4-9-3-2-8(6-12)5-10(9)11/h2-3,5-6H,4H2,1H3. The van der Waals surface area contributed by atoms with E-state index >= 15 is 0 Å². The third kappa shape index (κ3) is 2.77. The minimum atomic E-state index is 0.111. The molecule has 13 heavy (non-hydrogen) atoms. The molecular weight excluding hydrogens is 232 g/mol. The lowest BCUT2D eigenvalue weighted by molar-refractivity contribution is -0.116. The van der Waals surface area contributed by atoms with Crippen LogP contribution in [0.2, 0.25) is 0 Å². The fraction of sp³-hybridized carbons (Fsp3) is 0.200. The maximum absolute atomic E-state index is 10.8. The van der Waals surface area contributed by atoms with Gasteiger partial charge in [0.25, 0.3) is 0 Å². The summed E-state index contributed by atoms with van der Waals surface area (Å²) in [6.07, 6.45) is 1.18. The molecule has 0 spiro atoms. The molecule has 1 rings (SSSR count). The van der Waals surface area contributed by atoms with Crippen LogP contribution in [0.5, 0.6) is 0 Å². The van der Waals surface area contributed by atoms with E-state index in [1.165, 1.54) is 0 Å². The average Bonchev–Trinajstić information content (AvgIpc) is 2.08. The maximum Gasteiger partial charge on any atom is 0.150 e. The van der Waals surface area contributed by atoms with Crippen molar-refractivity contribution in [3.63, 3.8) is 0 Å². The van der Waals surface area contributed by atoms with Gasteiger partial charge in [0, 0.05) is 16.5 Å². The lowest BCUT2D eigenvalue weighted by atomic mass is 10.1. The normalized spacial score (nSPS) is 9.69. The van der Waals surface area contributed by atoms with Crippen LogP contribution in [0.25, 0.3) is 0 Å². The highest BCUT2D eigenvalue weighted by molar-refractivity contribution is 9.10. The third-order valence-corrected chi connectivity index (χ3v) is 2.39. The predicted octanol–water partition coefficient (Wildman–Crippen LogP) is 2.39. The second kappa shape index (κ2) is 4.33. The second-order valence-corrected chi connectivity index (χ2v) is 3.70. The Kier molecular flexibility index (Phi) is 3.37. The number of halogens is 1. The molecule has 0 radical (unpaired) electrons. The van der Waals surface area contributed by atoms with Crippen molar-refractivity contribution in [2.45, 2.75) is 13.3 Å². The van der Waals surface area contributed by atoms with Crippen molar-refractivity contribution in [1.82, 2.24) is 0 Å². The third-order valence-electron chi connectivity index (χ3n) is 1.65. The summed E-state index contributed by atoms with van der Waals surface area (Å²) >= 11 is 3.31. The second-order valence-electron chi connectivity index (χ2n) is 2.85. The van der Waals surface area contributed by atoms with Gasteiger partial charge in [-0.15, -0.1) is 0 Å². The molecule has 3 heteroatoms. The van der Waals surface area contributed by atoms with Crippen molar-refractivity contribution in [3.8, 4) is 0 Å².